The molecule has 1 aliphatic rings. The number of aromatic nitrogens is 2. The molecule has 2 aromatic rings. The van der Waals surface area contributed by atoms with E-state index in [-0.39, 0.29) is 0 Å². The Balaban J connectivity index is 2.06. The lowest BCUT2D eigenvalue weighted by atomic mass is 10.1. The number of hydrogen-bond acceptors (Lipinski definition) is 5. The highest BCUT2D eigenvalue weighted by Crippen LogP contribution is 2.38. The lowest BCUT2D eigenvalue weighted by Gasteiger charge is -2.35. The maximum absolute atomic E-state index is 6.38. The predicted octanol–water partition coefficient (Wildman–Crippen LogP) is 3.19. The maximum atomic E-state index is 6.38. The van der Waals surface area contributed by atoms with Crippen LogP contribution in [0.4, 0.5) is 5.69 Å². The van der Waals surface area contributed by atoms with Crippen LogP contribution in [0.2, 0.25) is 10.0 Å². The second kappa shape index (κ2) is 5.40. The zero-order chi connectivity index (χ0) is 13.4. The lowest BCUT2D eigenvalue weighted by molar-refractivity contribution is 0.447. The average Bonchev–Trinajstić information content (AvgIpc) is 2.88. The first-order valence-corrected chi connectivity index (χ1v) is 7.78. The number of benzene rings is 1. The Morgan fingerprint density at radius 3 is 2.95 bits per heavy atom. The van der Waals surface area contributed by atoms with E-state index in [4.69, 9.17) is 23.2 Å². The molecule has 1 N–H and O–H groups in total. The Hall–Kier alpha value is -0.620. The average molecular weight is 317 g/mol. The third-order valence-electron chi connectivity index (χ3n) is 3.48. The minimum Gasteiger partial charge on any atom is -0.366 e. The Morgan fingerprint density at radius 1 is 1.37 bits per heavy atom. The zero-order valence-corrected chi connectivity index (χ0v) is 12.8. The summed E-state index contributed by atoms with van der Waals surface area (Å²) < 4.78 is 8.62. The molecule has 1 aromatic carbocycles. The Labute approximate surface area is 126 Å². The van der Waals surface area contributed by atoms with Gasteiger partial charge in [0, 0.05) is 25.7 Å². The number of halogens is 2. The molecule has 4 nitrogen and oxygen atoms in total. The molecule has 0 saturated carbocycles. The van der Waals surface area contributed by atoms with E-state index in [2.05, 4.69) is 25.9 Å². The summed E-state index contributed by atoms with van der Waals surface area (Å²) in [5.74, 6) is 0. The van der Waals surface area contributed by atoms with Gasteiger partial charge in [-0.2, -0.15) is 8.75 Å². The standard InChI is InChI=1S/C12H14Cl2N4S/c1-2-7-6-18(4-3-15-7)12-9(14)5-8(13)10-11(12)17-19-16-10/h5,7,15H,2-4,6H2,1H3. The molecule has 1 fully saturated rings. The molecule has 19 heavy (non-hydrogen) atoms. The summed E-state index contributed by atoms with van der Waals surface area (Å²) in [6.07, 6.45) is 1.10. The maximum Gasteiger partial charge on any atom is 0.131 e. The third-order valence-corrected chi connectivity index (χ3v) is 4.59. The van der Waals surface area contributed by atoms with Crippen molar-refractivity contribution in [1.29, 1.82) is 0 Å². The smallest absolute Gasteiger partial charge is 0.131 e. The minimum atomic E-state index is 0.488. The Bertz CT molecular complexity index is 601. The van der Waals surface area contributed by atoms with Crippen molar-refractivity contribution in [3.8, 4) is 0 Å². The summed E-state index contributed by atoms with van der Waals surface area (Å²) in [6.45, 7) is 5.00. The second-order valence-corrected chi connectivity index (χ2v) is 6.00. The van der Waals surface area contributed by atoms with Crippen LogP contribution >= 0.6 is 34.9 Å². The van der Waals surface area contributed by atoms with Crippen molar-refractivity contribution in [2.45, 2.75) is 19.4 Å². The number of hydrogen-bond donors (Lipinski definition) is 1. The Morgan fingerprint density at radius 2 is 2.16 bits per heavy atom. The Kier molecular flexibility index (Phi) is 3.80. The largest absolute Gasteiger partial charge is 0.366 e. The number of rotatable bonds is 2. The highest BCUT2D eigenvalue weighted by Gasteiger charge is 2.24. The van der Waals surface area contributed by atoms with Gasteiger partial charge in [0.15, 0.2) is 0 Å². The normalized spacial score (nSPS) is 20.2. The summed E-state index contributed by atoms with van der Waals surface area (Å²) in [6, 6.07) is 2.26. The minimum absolute atomic E-state index is 0.488. The molecule has 102 valence electrons. The molecule has 0 radical (unpaired) electrons. The van der Waals surface area contributed by atoms with Crippen LogP contribution in [-0.4, -0.2) is 34.4 Å². The second-order valence-electron chi connectivity index (χ2n) is 4.66. The van der Waals surface area contributed by atoms with Gasteiger partial charge < -0.3 is 10.2 Å². The molecule has 1 unspecified atom stereocenters. The molecule has 0 spiro atoms. The van der Waals surface area contributed by atoms with Gasteiger partial charge in [-0.05, 0) is 12.5 Å². The highest BCUT2D eigenvalue weighted by molar-refractivity contribution is 7.00. The highest BCUT2D eigenvalue weighted by atomic mass is 35.5. The van der Waals surface area contributed by atoms with Crippen LogP contribution in [0.3, 0.4) is 0 Å². The molecule has 0 aliphatic carbocycles. The first kappa shape index (κ1) is 13.4. The molecule has 3 rings (SSSR count). The van der Waals surface area contributed by atoms with Crippen molar-refractivity contribution in [2.24, 2.45) is 0 Å². The predicted molar refractivity (Wildman–Crippen MR) is 81.7 cm³/mol. The summed E-state index contributed by atoms with van der Waals surface area (Å²) in [5, 5.41) is 4.72. The van der Waals surface area contributed by atoms with E-state index in [1.165, 1.54) is 11.7 Å². The third kappa shape index (κ3) is 2.40. The first-order chi connectivity index (χ1) is 9.20. The number of nitrogens with one attached hydrogen (secondary N) is 1. The van der Waals surface area contributed by atoms with Crippen LogP contribution in [0.1, 0.15) is 13.3 Å². The van der Waals surface area contributed by atoms with Crippen LogP contribution < -0.4 is 10.2 Å². The first-order valence-electron chi connectivity index (χ1n) is 6.29. The number of fused-ring (bicyclic) bond motifs is 1. The van der Waals surface area contributed by atoms with Crippen LogP contribution in [0.15, 0.2) is 6.07 Å². The molecule has 1 aromatic heterocycles. The molecule has 1 atom stereocenters. The molecular formula is C12H14Cl2N4S. The van der Waals surface area contributed by atoms with Crippen LogP contribution in [0.25, 0.3) is 11.0 Å². The topological polar surface area (TPSA) is 41.1 Å². The fourth-order valence-corrected chi connectivity index (χ4v) is 3.69. The summed E-state index contributed by atoms with van der Waals surface area (Å²) >= 11 is 13.7. The van der Waals surface area contributed by atoms with Gasteiger partial charge >= 0.3 is 0 Å². The van der Waals surface area contributed by atoms with E-state index in [0.717, 1.165) is 42.8 Å². The molecule has 1 aliphatic heterocycles. The van der Waals surface area contributed by atoms with Gasteiger partial charge in [0.05, 0.1) is 27.5 Å². The van der Waals surface area contributed by atoms with Gasteiger partial charge in [0.2, 0.25) is 0 Å². The van der Waals surface area contributed by atoms with Gasteiger partial charge in [0.25, 0.3) is 0 Å². The van der Waals surface area contributed by atoms with Crippen molar-refractivity contribution < 1.29 is 0 Å². The fourth-order valence-electron chi connectivity index (χ4n) is 2.46. The van der Waals surface area contributed by atoms with Crippen molar-refractivity contribution in [1.82, 2.24) is 14.1 Å². The molecular weight excluding hydrogens is 303 g/mol. The van der Waals surface area contributed by atoms with Gasteiger partial charge in [-0.25, -0.2) is 0 Å². The number of piperazine rings is 1. The zero-order valence-electron chi connectivity index (χ0n) is 10.5. The van der Waals surface area contributed by atoms with Crippen LogP contribution in [-0.2, 0) is 0 Å². The van der Waals surface area contributed by atoms with Crippen LogP contribution in [0, 0.1) is 0 Å². The number of nitrogens with zero attached hydrogens (tertiary/aromatic N) is 3. The summed E-state index contributed by atoms with van der Waals surface area (Å²) in [5.41, 5.74) is 2.53. The monoisotopic (exact) mass is 316 g/mol. The molecule has 0 bridgehead atoms. The van der Waals surface area contributed by atoms with E-state index in [0.29, 0.717) is 16.1 Å². The quantitative estimate of drug-likeness (QED) is 0.923. The SMILES string of the molecule is CCC1CN(c2c(Cl)cc(Cl)c3nsnc23)CCN1. The molecule has 2 heterocycles. The van der Waals surface area contributed by atoms with E-state index in [1.807, 2.05) is 0 Å². The van der Waals surface area contributed by atoms with Crippen molar-refractivity contribution >= 4 is 51.7 Å². The summed E-state index contributed by atoms with van der Waals surface area (Å²) in [4.78, 5) is 2.28. The van der Waals surface area contributed by atoms with Gasteiger partial charge in [-0.3, -0.25) is 0 Å². The van der Waals surface area contributed by atoms with E-state index >= 15 is 0 Å². The lowest BCUT2D eigenvalue weighted by Crippen LogP contribution is -2.50. The van der Waals surface area contributed by atoms with Crippen molar-refractivity contribution in [2.75, 3.05) is 24.5 Å². The fraction of sp³-hybridized carbons (Fsp3) is 0.500. The van der Waals surface area contributed by atoms with Gasteiger partial charge in [-0.1, -0.05) is 30.1 Å². The molecule has 0 amide bonds. The number of anilines is 1. The molecule has 7 heteroatoms. The van der Waals surface area contributed by atoms with Crippen molar-refractivity contribution in [3.05, 3.63) is 16.1 Å². The van der Waals surface area contributed by atoms with Gasteiger partial charge in [-0.15, -0.1) is 0 Å². The van der Waals surface area contributed by atoms with E-state index in [1.54, 1.807) is 6.07 Å². The van der Waals surface area contributed by atoms with E-state index in [9.17, 15) is 0 Å². The van der Waals surface area contributed by atoms with Gasteiger partial charge in [0.1, 0.15) is 11.0 Å². The van der Waals surface area contributed by atoms with E-state index < -0.39 is 0 Å². The van der Waals surface area contributed by atoms with Crippen LogP contribution in [0.5, 0.6) is 0 Å². The van der Waals surface area contributed by atoms with Crippen molar-refractivity contribution in [3.63, 3.8) is 0 Å². The summed E-state index contributed by atoms with van der Waals surface area (Å²) in [7, 11) is 0. The molecule has 1 saturated heterocycles.